The lowest BCUT2D eigenvalue weighted by molar-refractivity contribution is 0.0378. The molecule has 2 aromatic heterocycles. The number of thiophene rings is 1. The van der Waals surface area contributed by atoms with Gasteiger partial charge >= 0.3 is 5.97 Å². The average molecular weight is 468 g/mol. The van der Waals surface area contributed by atoms with Gasteiger partial charge in [0.15, 0.2) is 0 Å². The molecule has 0 saturated heterocycles. The molecule has 0 fully saturated rings. The number of carbonyl (C=O) groups is 1. The lowest BCUT2D eigenvalue weighted by Gasteiger charge is -2.10. The van der Waals surface area contributed by atoms with Crippen molar-refractivity contribution in [2.24, 2.45) is 0 Å². The van der Waals surface area contributed by atoms with Crippen molar-refractivity contribution in [1.29, 1.82) is 0 Å². The van der Waals surface area contributed by atoms with Crippen molar-refractivity contribution < 1.29 is 9.53 Å². The van der Waals surface area contributed by atoms with E-state index in [-0.39, 0.29) is 12.1 Å². The fourth-order valence-corrected chi connectivity index (χ4v) is 4.10. The Morgan fingerprint density at radius 1 is 1.07 bits per heavy atom. The first kappa shape index (κ1) is 19.5. The van der Waals surface area contributed by atoms with Gasteiger partial charge in [0, 0.05) is 21.1 Å². The average Bonchev–Trinajstić information content (AvgIpc) is 3.14. The van der Waals surface area contributed by atoms with Crippen LogP contribution in [-0.4, -0.2) is 22.0 Å². The normalized spacial score (nSPS) is 11.0. The third-order valence-electron chi connectivity index (χ3n) is 4.25. The molecule has 0 aliphatic rings. The van der Waals surface area contributed by atoms with Gasteiger partial charge in [-0.2, -0.15) is 0 Å². The molecule has 0 atom stereocenters. The van der Waals surface area contributed by atoms with Gasteiger partial charge in [-0.05, 0) is 55.8 Å². The first-order valence-corrected chi connectivity index (χ1v) is 10.7. The topological polar surface area (TPSA) is 64.1 Å². The zero-order chi connectivity index (χ0) is 20.4. The van der Waals surface area contributed by atoms with Crippen LogP contribution >= 0.6 is 27.3 Å². The fraction of sp³-hybridized carbons (Fsp3) is 0.136. The molecule has 1 N–H and O–H groups in total. The number of hydrogen-bond donors (Lipinski definition) is 1. The number of ether oxygens (including phenoxy) is 1. The van der Waals surface area contributed by atoms with Gasteiger partial charge in [-0.15, -0.1) is 11.3 Å². The van der Waals surface area contributed by atoms with E-state index in [1.807, 2.05) is 38.1 Å². The Balaban J connectivity index is 1.65. The van der Waals surface area contributed by atoms with Gasteiger partial charge in [-0.25, -0.2) is 14.8 Å². The second kappa shape index (κ2) is 8.31. The van der Waals surface area contributed by atoms with Crippen LogP contribution in [0.3, 0.4) is 0 Å². The van der Waals surface area contributed by atoms with Crippen molar-refractivity contribution in [3.8, 4) is 11.1 Å². The molecule has 2 aromatic carbocycles. The fourth-order valence-electron chi connectivity index (χ4n) is 2.92. The number of anilines is 2. The number of aromatic nitrogens is 2. The molecular formula is C22H18BrN3O2S. The Hall–Kier alpha value is -2.77. The highest BCUT2D eigenvalue weighted by Gasteiger charge is 2.14. The van der Waals surface area contributed by atoms with E-state index in [1.54, 1.807) is 29.8 Å². The van der Waals surface area contributed by atoms with E-state index >= 15 is 0 Å². The molecule has 0 amide bonds. The third-order valence-corrected chi connectivity index (χ3v) is 5.67. The van der Waals surface area contributed by atoms with Gasteiger partial charge in [0.05, 0.1) is 17.1 Å². The van der Waals surface area contributed by atoms with Crippen LogP contribution < -0.4 is 5.32 Å². The molecule has 0 bridgehead atoms. The summed E-state index contributed by atoms with van der Waals surface area (Å²) in [5.41, 5.74) is 3.53. The summed E-state index contributed by atoms with van der Waals surface area (Å²) < 4.78 is 6.27. The maximum Gasteiger partial charge on any atom is 0.338 e. The van der Waals surface area contributed by atoms with Crippen molar-refractivity contribution in [3.63, 3.8) is 0 Å². The molecule has 0 aliphatic carbocycles. The standard InChI is InChI=1S/C22H18BrN3O2S/c1-13(2)28-22(27)15-5-9-17(10-6-15)26-20-19-18(11-29-21(19)25-12-24-20)14-3-7-16(23)8-4-14/h3-13H,1-2H3,(H,24,25,26). The molecule has 146 valence electrons. The van der Waals surface area contributed by atoms with Crippen molar-refractivity contribution in [1.82, 2.24) is 9.97 Å². The highest BCUT2D eigenvalue weighted by atomic mass is 79.9. The number of esters is 1. The molecule has 0 aliphatic heterocycles. The van der Waals surface area contributed by atoms with E-state index in [2.05, 4.69) is 48.7 Å². The third kappa shape index (κ3) is 4.31. The molecule has 29 heavy (non-hydrogen) atoms. The summed E-state index contributed by atoms with van der Waals surface area (Å²) in [6.45, 7) is 3.66. The van der Waals surface area contributed by atoms with E-state index in [0.717, 1.165) is 37.3 Å². The summed E-state index contributed by atoms with van der Waals surface area (Å²) in [4.78, 5) is 21.8. The number of halogens is 1. The molecule has 0 saturated carbocycles. The Labute approximate surface area is 180 Å². The van der Waals surface area contributed by atoms with Crippen LogP contribution in [0, 0.1) is 0 Å². The van der Waals surface area contributed by atoms with Crippen LogP contribution in [0.15, 0.2) is 64.7 Å². The predicted molar refractivity (Wildman–Crippen MR) is 121 cm³/mol. The van der Waals surface area contributed by atoms with Crippen molar-refractivity contribution in [3.05, 3.63) is 70.3 Å². The second-order valence-corrected chi connectivity index (χ2v) is 8.49. The number of hydrogen-bond acceptors (Lipinski definition) is 6. The quantitative estimate of drug-likeness (QED) is 0.342. The van der Waals surface area contributed by atoms with Crippen LogP contribution in [0.4, 0.5) is 11.5 Å². The van der Waals surface area contributed by atoms with E-state index in [4.69, 9.17) is 4.74 Å². The number of rotatable bonds is 5. The first-order valence-electron chi connectivity index (χ1n) is 9.07. The van der Waals surface area contributed by atoms with Gasteiger partial charge in [-0.3, -0.25) is 0 Å². The highest BCUT2D eigenvalue weighted by molar-refractivity contribution is 9.10. The minimum Gasteiger partial charge on any atom is -0.459 e. The van der Waals surface area contributed by atoms with Gasteiger partial charge in [0.2, 0.25) is 0 Å². The number of benzene rings is 2. The molecule has 2 heterocycles. The number of nitrogens with zero attached hydrogens (tertiary/aromatic N) is 2. The zero-order valence-corrected chi connectivity index (χ0v) is 18.3. The minimum absolute atomic E-state index is 0.148. The number of carbonyl (C=O) groups excluding carboxylic acids is 1. The maximum atomic E-state index is 12.0. The Morgan fingerprint density at radius 3 is 2.48 bits per heavy atom. The SMILES string of the molecule is CC(C)OC(=O)c1ccc(Nc2ncnc3scc(-c4ccc(Br)cc4)c23)cc1. The molecule has 5 nitrogen and oxygen atoms in total. The summed E-state index contributed by atoms with van der Waals surface area (Å²) >= 11 is 5.06. The molecule has 4 rings (SSSR count). The smallest absolute Gasteiger partial charge is 0.338 e. The Bertz CT molecular complexity index is 1160. The first-order chi connectivity index (χ1) is 14.0. The molecule has 0 spiro atoms. The number of fused-ring (bicyclic) bond motifs is 1. The minimum atomic E-state index is -0.327. The van der Waals surface area contributed by atoms with Crippen LogP contribution in [0.5, 0.6) is 0 Å². The van der Waals surface area contributed by atoms with Crippen molar-refractivity contribution in [2.75, 3.05) is 5.32 Å². The van der Waals surface area contributed by atoms with Gasteiger partial charge in [-0.1, -0.05) is 28.1 Å². The Morgan fingerprint density at radius 2 is 1.79 bits per heavy atom. The summed E-state index contributed by atoms with van der Waals surface area (Å²) in [5.74, 6) is 0.401. The van der Waals surface area contributed by atoms with E-state index in [9.17, 15) is 4.79 Å². The Kier molecular flexibility index (Phi) is 5.60. The molecule has 7 heteroatoms. The largest absolute Gasteiger partial charge is 0.459 e. The zero-order valence-electron chi connectivity index (χ0n) is 15.8. The molecule has 0 radical (unpaired) electrons. The summed E-state index contributed by atoms with van der Waals surface area (Å²) in [6, 6.07) is 15.3. The summed E-state index contributed by atoms with van der Waals surface area (Å²) in [6.07, 6.45) is 1.41. The van der Waals surface area contributed by atoms with Gasteiger partial charge in [0.1, 0.15) is 17.0 Å². The molecule has 4 aromatic rings. The number of nitrogens with one attached hydrogen (secondary N) is 1. The second-order valence-electron chi connectivity index (χ2n) is 6.72. The molecular weight excluding hydrogens is 450 g/mol. The maximum absolute atomic E-state index is 12.0. The van der Waals surface area contributed by atoms with Crippen molar-refractivity contribution in [2.45, 2.75) is 20.0 Å². The van der Waals surface area contributed by atoms with E-state index in [1.165, 1.54) is 0 Å². The van der Waals surface area contributed by atoms with Crippen LogP contribution in [-0.2, 0) is 4.74 Å². The van der Waals surface area contributed by atoms with Gasteiger partial charge in [0.25, 0.3) is 0 Å². The monoisotopic (exact) mass is 467 g/mol. The van der Waals surface area contributed by atoms with E-state index in [0.29, 0.717) is 5.56 Å². The summed E-state index contributed by atoms with van der Waals surface area (Å²) in [7, 11) is 0. The van der Waals surface area contributed by atoms with Crippen molar-refractivity contribution >= 4 is 55.0 Å². The van der Waals surface area contributed by atoms with Crippen LogP contribution in [0.25, 0.3) is 21.3 Å². The highest BCUT2D eigenvalue weighted by Crippen LogP contribution is 2.37. The van der Waals surface area contributed by atoms with Gasteiger partial charge < -0.3 is 10.1 Å². The lowest BCUT2D eigenvalue weighted by atomic mass is 10.1. The predicted octanol–water partition coefficient (Wildman–Crippen LogP) is 6.43. The molecule has 0 unspecified atom stereocenters. The summed E-state index contributed by atoms with van der Waals surface area (Å²) in [5, 5.41) is 6.43. The van der Waals surface area contributed by atoms with E-state index < -0.39 is 0 Å². The van der Waals surface area contributed by atoms with Crippen LogP contribution in [0.2, 0.25) is 0 Å². The van der Waals surface area contributed by atoms with Crippen LogP contribution in [0.1, 0.15) is 24.2 Å². The lowest BCUT2D eigenvalue weighted by Crippen LogP contribution is -2.11.